The van der Waals surface area contributed by atoms with Crippen molar-refractivity contribution in [3.8, 4) is 0 Å². The van der Waals surface area contributed by atoms with Gasteiger partial charge in [0.2, 0.25) is 6.04 Å². The SMILES string of the molecule is CCN(CC)CCCNCc1ccc(N=NC(C(C)=O)C(=O)Nc2ccc3[nH]c(=O)[nH]c3c2)cc1. The minimum Gasteiger partial charge on any atom is -0.324 e. The Morgan fingerprint density at radius 3 is 2.43 bits per heavy atom. The molecule has 1 unspecified atom stereocenters. The summed E-state index contributed by atoms with van der Waals surface area (Å²) in [5.41, 5.74) is 2.94. The average Bonchev–Trinajstić information content (AvgIpc) is 3.21. The molecule has 4 N–H and O–H groups in total. The van der Waals surface area contributed by atoms with Crippen molar-refractivity contribution >= 4 is 34.1 Å². The zero-order chi connectivity index (χ0) is 25.2. The summed E-state index contributed by atoms with van der Waals surface area (Å²) in [5, 5.41) is 14.2. The van der Waals surface area contributed by atoms with Crippen LogP contribution in [-0.4, -0.2) is 58.8 Å². The first-order chi connectivity index (χ1) is 16.9. The van der Waals surface area contributed by atoms with E-state index in [0.717, 1.165) is 44.7 Å². The molecule has 10 nitrogen and oxygen atoms in total. The van der Waals surface area contributed by atoms with Crippen molar-refractivity contribution in [1.29, 1.82) is 0 Å². The summed E-state index contributed by atoms with van der Waals surface area (Å²) < 4.78 is 0. The number of hydrogen-bond acceptors (Lipinski definition) is 7. The third-order valence-corrected chi connectivity index (χ3v) is 5.69. The lowest BCUT2D eigenvalue weighted by Gasteiger charge is -2.17. The second-order valence-corrected chi connectivity index (χ2v) is 8.28. The second kappa shape index (κ2) is 12.7. The maximum Gasteiger partial charge on any atom is 0.323 e. The first-order valence-electron chi connectivity index (χ1n) is 11.9. The third-order valence-electron chi connectivity index (χ3n) is 5.69. The summed E-state index contributed by atoms with van der Waals surface area (Å²) in [6.45, 7) is 10.6. The highest BCUT2D eigenvalue weighted by Crippen LogP contribution is 2.17. The lowest BCUT2D eigenvalue weighted by atomic mass is 10.2. The van der Waals surface area contributed by atoms with Crippen molar-refractivity contribution < 1.29 is 9.59 Å². The van der Waals surface area contributed by atoms with Crippen molar-refractivity contribution in [3.63, 3.8) is 0 Å². The van der Waals surface area contributed by atoms with E-state index in [9.17, 15) is 14.4 Å². The highest BCUT2D eigenvalue weighted by atomic mass is 16.2. The van der Waals surface area contributed by atoms with Crippen molar-refractivity contribution in [2.45, 2.75) is 39.8 Å². The number of nitrogens with one attached hydrogen (secondary N) is 4. The number of Topliss-reactive ketones (excluding diaryl/α,β-unsaturated/α-hetero) is 1. The molecule has 0 radical (unpaired) electrons. The molecule has 1 aromatic heterocycles. The predicted molar refractivity (Wildman–Crippen MR) is 137 cm³/mol. The first-order valence-corrected chi connectivity index (χ1v) is 11.9. The van der Waals surface area contributed by atoms with Gasteiger partial charge >= 0.3 is 5.69 Å². The molecule has 0 aliphatic carbocycles. The highest BCUT2D eigenvalue weighted by molar-refractivity contribution is 6.10. The Hall–Kier alpha value is -3.63. The number of imidazole rings is 1. The number of azo groups is 1. The third kappa shape index (κ3) is 7.69. The molecule has 186 valence electrons. The van der Waals surface area contributed by atoms with Gasteiger partial charge in [0.25, 0.3) is 5.91 Å². The van der Waals surface area contributed by atoms with Crippen LogP contribution in [0.1, 0.15) is 32.8 Å². The number of carbonyl (C=O) groups is 2. The fourth-order valence-corrected chi connectivity index (χ4v) is 3.64. The fraction of sp³-hybridized carbons (Fsp3) is 0.400. The molecule has 3 rings (SSSR count). The fourth-order valence-electron chi connectivity index (χ4n) is 3.64. The van der Waals surface area contributed by atoms with Crippen LogP contribution in [0.4, 0.5) is 11.4 Å². The lowest BCUT2D eigenvalue weighted by Crippen LogP contribution is -2.31. The van der Waals surface area contributed by atoms with E-state index in [1.54, 1.807) is 18.2 Å². The summed E-state index contributed by atoms with van der Waals surface area (Å²) in [7, 11) is 0. The summed E-state index contributed by atoms with van der Waals surface area (Å²) in [5.74, 6) is -1.02. The van der Waals surface area contributed by atoms with Crippen molar-refractivity contribution in [2.75, 3.05) is 31.5 Å². The van der Waals surface area contributed by atoms with E-state index in [2.05, 4.69) is 49.6 Å². The lowest BCUT2D eigenvalue weighted by molar-refractivity contribution is -0.126. The van der Waals surface area contributed by atoms with Crippen LogP contribution in [0.15, 0.2) is 57.5 Å². The zero-order valence-electron chi connectivity index (χ0n) is 20.4. The van der Waals surface area contributed by atoms with Crippen LogP contribution < -0.4 is 16.3 Å². The first kappa shape index (κ1) is 26.0. The number of nitrogens with zero attached hydrogens (tertiary/aromatic N) is 3. The number of anilines is 1. The van der Waals surface area contributed by atoms with Gasteiger partial charge < -0.3 is 25.5 Å². The molecule has 0 spiro atoms. The minimum atomic E-state index is -1.27. The summed E-state index contributed by atoms with van der Waals surface area (Å²) in [6, 6.07) is 11.1. The van der Waals surface area contributed by atoms with Crippen molar-refractivity contribution in [2.24, 2.45) is 10.2 Å². The predicted octanol–water partition coefficient (Wildman–Crippen LogP) is 3.36. The van der Waals surface area contributed by atoms with Crippen LogP contribution in [0.3, 0.4) is 0 Å². The molecule has 0 saturated heterocycles. The number of rotatable bonds is 13. The van der Waals surface area contributed by atoms with Crippen molar-refractivity contribution in [1.82, 2.24) is 20.2 Å². The summed E-state index contributed by atoms with van der Waals surface area (Å²) >= 11 is 0. The number of H-pyrrole nitrogens is 2. The van der Waals surface area contributed by atoms with E-state index in [-0.39, 0.29) is 5.69 Å². The van der Waals surface area contributed by atoms with Crippen LogP contribution in [0.25, 0.3) is 11.0 Å². The Morgan fingerprint density at radius 1 is 1.03 bits per heavy atom. The molecule has 0 saturated carbocycles. The topological polar surface area (TPSA) is 135 Å². The molecule has 1 heterocycles. The van der Waals surface area contributed by atoms with Gasteiger partial charge in [-0.2, -0.15) is 10.2 Å². The number of aromatic nitrogens is 2. The van der Waals surface area contributed by atoms with Crippen LogP contribution in [0, 0.1) is 0 Å². The van der Waals surface area contributed by atoms with E-state index >= 15 is 0 Å². The Kier molecular flexibility index (Phi) is 9.45. The molecule has 1 atom stereocenters. The molecule has 0 aliphatic rings. The van der Waals surface area contributed by atoms with Gasteiger partial charge in [0, 0.05) is 12.2 Å². The van der Waals surface area contributed by atoms with Crippen LogP contribution in [0.5, 0.6) is 0 Å². The number of amides is 1. The van der Waals surface area contributed by atoms with Gasteiger partial charge in [-0.1, -0.05) is 26.0 Å². The largest absolute Gasteiger partial charge is 0.324 e. The maximum atomic E-state index is 12.6. The molecule has 10 heteroatoms. The Labute approximate surface area is 204 Å². The minimum absolute atomic E-state index is 0.337. The van der Waals surface area contributed by atoms with E-state index in [1.165, 1.54) is 6.92 Å². The number of ketones is 1. The molecule has 0 fully saturated rings. The molecule has 1 amide bonds. The quantitative estimate of drug-likeness (QED) is 0.169. The normalized spacial score (nSPS) is 12.5. The van der Waals surface area contributed by atoms with Crippen LogP contribution in [0.2, 0.25) is 0 Å². The Bertz CT molecular complexity index is 1210. The van der Waals surface area contributed by atoms with Gasteiger partial charge in [-0.3, -0.25) is 9.59 Å². The summed E-state index contributed by atoms with van der Waals surface area (Å²) in [4.78, 5) is 43.8. The second-order valence-electron chi connectivity index (χ2n) is 8.28. The van der Waals surface area contributed by atoms with Gasteiger partial charge in [-0.05, 0) is 75.4 Å². The van der Waals surface area contributed by atoms with Gasteiger partial charge in [0.15, 0.2) is 5.78 Å². The summed E-state index contributed by atoms with van der Waals surface area (Å²) in [6.07, 6.45) is 1.10. The highest BCUT2D eigenvalue weighted by Gasteiger charge is 2.23. The maximum absolute atomic E-state index is 12.6. The number of carbonyl (C=O) groups excluding carboxylic acids is 2. The average molecular weight is 480 g/mol. The Morgan fingerprint density at radius 2 is 1.74 bits per heavy atom. The smallest absolute Gasteiger partial charge is 0.323 e. The molecule has 2 aromatic carbocycles. The zero-order valence-corrected chi connectivity index (χ0v) is 20.4. The molecule has 0 bridgehead atoms. The van der Waals surface area contributed by atoms with Gasteiger partial charge in [-0.25, -0.2) is 4.79 Å². The molecule has 0 aliphatic heterocycles. The van der Waals surface area contributed by atoms with Crippen molar-refractivity contribution in [3.05, 3.63) is 58.5 Å². The monoisotopic (exact) mass is 479 g/mol. The van der Waals surface area contributed by atoms with E-state index in [4.69, 9.17) is 0 Å². The van der Waals surface area contributed by atoms with E-state index in [1.807, 2.05) is 24.3 Å². The standard InChI is InChI=1S/C25H33N7O3/c1-4-32(5-2)14-6-13-26-16-18-7-9-19(10-8-18)30-31-23(17(3)33)24(34)27-20-11-12-21-22(15-20)29-25(35)28-21/h7-12,15,23,26H,4-6,13-14,16H2,1-3H3,(H,27,34)(H2,28,29,35). The number of hydrogen-bond donors (Lipinski definition) is 4. The number of benzene rings is 2. The van der Waals surface area contributed by atoms with Gasteiger partial charge in [0.1, 0.15) is 0 Å². The molecular weight excluding hydrogens is 446 g/mol. The van der Waals surface area contributed by atoms with Crippen LogP contribution in [-0.2, 0) is 16.1 Å². The van der Waals surface area contributed by atoms with Gasteiger partial charge in [0.05, 0.1) is 16.7 Å². The number of aromatic amines is 2. The van der Waals surface area contributed by atoms with Crippen LogP contribution >= 0.6 is 0 Å². The van der Waals surface area contributed by atoms with E-state index < -0.39 is 17.7 Å². The molecule has 3 aromatic rings. The molecule has 35 heavy (non-hydrogen) atoms. The Balaban J connectivity index is 1.53. The van der Waals surface area contributed by atoms with Gasteiger partial charge in [-0.15, -0.1) is 0 Å². The number of fused-ring (bicyclic) bond motifs is 1. The van der Waals surface area contributed by atoms with E-state index in [0.29, 0.717) is 22.4 Å². The molecular formula is C25H33N7O3.